The van der Waals surface area contributed by atoms with E-state index in [1.165, 1.54) is 109 Å². The number of hydrogen-bond acceptors (Lipinski definition) is 2. The minimum Gasteiger partial charge on any atom is -0.320 e. The summed E-state index contributed by atoms with van der Waals surface area (Å²) in [5, 5.41) is 0. The van der Waals surface area contributed by atoms with Crippen LogP contribution in [0.25, 0.3) is 0 Å². The average molecular weight is 503 g/mol. The van der Waals surface area contributed by atoms with Crippen LogP contribution in [-0.2, 0) is 9.09 Å². The molecule has 204 valence electrons. The predicted molar refractivity (Wildman–Crippen MR) is 150 cm³/mol. The van der Waals surface area contributed by atoms with E-state index in [-0.39, 0.29) is 5.78 Å². The lowest BCUT2D eigenvalue weighted by Gasteiger charge is -2.35. The number of quaternary nitrogens is 1. The lowest BCUT2D eigenvalue weighted by Crippen LogP contribution is -2.44. The monoisotopic (exact) mass is 502 g/mol. The molecule has 0 aliphatic carbocycles. The van der Waals surface area contributed by atoms with Crippen LogP contribution in [0.15, 0.2) is 12.2 Å². The quantitative estimate of drug-likeness (QED) is 0.0585. The molecule has 5 heteroatoms. The van der Waals surface area contributed by atoms with Crippen LogP contribution in [-0.4, -0.2) is 42.9 Å². The molecule has 0 heterocycles. The molecule has 0 rings (SSSR count). The van der Waals surface area contributed by atoms with E-state index in [1.54, 1.807) is 0 Å². The number of rotatable bonds is 25. The van der Waals surface area contributed by atoms with E-state index >= 15 is 0 Å². The molecular weight excluding hydrogens is 441 g/mol. The Bertz CT molecular complexity index is 516. The van der Waals surface area contributed by atoms with Crippen LogP contribution >= 0.6 is 7.60 Å². The molecule has 0 aromatic rings. The van der Waals surface area contributed by atoms with Crippen LogP contribution in [0.4, 0.5) is 0 Å². The zero-order chi connectivity index (χ0) is 25.5. The molecule has 2 unspecified atom stereocenters. The first-order valence-electron chi connectivity index (χ1n) is 14.7. The maximum Gasteiger partial charge on any atom is 0.385 e. The highest BCUT2D eigenvalue weighted by atomic mass is 31.2. The highest BCUT2D eigenvalue weighted by Gasteiger charge is 2.41. The Balaban J connectivity index is 3.39. The van der Waals surface area contributed by atoms with Gasteiger partial charge in [-0.25, -0.2) is 0 Å². The van der Waals surface area contributed by atoms with Crippen LogP contribution in [0.3, 0.4) is 0 Å². The third-order valence-corrected chi connectivity index (χ3v) is 9.18. The van der Waals surface area contributed by atoms with Crippen LogP contribution in [0.1, 0.15) is 142 Å². The van der Waals surface area contributed by atoms with Crippen LogP contribution in [0, 0.1) is 0 Å². The molecule has 34 heavy (non-hydrogen) atoms. The molecule has 0 aliphatic heterocycles. The summed E-state index contributed by atoms with van der Waals surface area (Å²) in [5.74, 6) is -0.348. The Morgan fingerprint density at radius 1 is 0.676 bits per heavy atom. The van der Waals surface area contributed by atoms with Crippen molar-refractivity contribution in [2.45, 2.75) is 148 Å². The molecule has 0 aliphatic rings. The summed E-state index contributed by atoms with van der Waals surface area (Å²) >= 11 is 0. The summed E-state index contributed by atoms with van der Waals surface area (Å²) < 4.78 is 18.4. The highest BCUT2D eigenvalue weighted by molar-refractivity contribution is 7.53. The van der Waals surface area contributed by atoms with Gasteiger partial charge >= 0.3 is 7.60 Å². The SMILES string of the molecule is CCCCCC/C=C\CCCCCCCCCCCCCCCOP(=O)(O)C(CC)[N+](C)(C)C. The number of allylic oxidation sites excluding steroid dienone is 2. The van der Waals surface area contributed by atoms with E-state index in [9.17, 15) is 9.46 Å². The van der Waals surface area contributed by atoms with E-state index in [0.717, 1.165) is 12.8 Å². The van der Waals surface area contributed by atoms with E-state index in [2.05, 4.69) is 19.1 Å². The maximum absolute atomic E-state index is 12.5. The van der Waals surface area contributed by atoms with Crippen molar-refractivity contribution in [1.29, 1.82) is 0 Å². The molecule has 0 aromatic carbocycles. The van der Waals surface area contributed by atoms with Crippen molar-refractivity contribution in [3.8, 4) is 0 Å². The van der Waals surface area contributed by atoms with E-state index < -0.39 is 7.60 Å². The second-order valence-corrected chi connectivity index (χ2v) is 13.1. The zero-order valence-corrected chi connectivity index (χ0v) is 24.6. The molecule has 0 fully saturated rings. The normalized spacial score (nSPS) is 15.1. The third-order valence-electron chi connectivity index (χ3n) is 6.82. The van der Waals surface area contributed by atoms with Gasteiger partial charge in [0.1, 0.15) is 0 Å². The Labute approximate surface area is 214 Å². The molecule has 0 amide bonds. The van der Waals surface area contributed by atoms with Crippen LogP contribution in [0.2, 0.25) is 0 Å². The first kappa shape index (κ1) is 33.8. The molecule has 2 atom stereocenters. The van der Waals surface area contributed by atoms with Crippen LogP contribution in [0.5, 0.6) is 0 Å². The lowest BCUT2D eigenvalue weighted by molar-refractivity contribution is -0.883. The van der Waals surface area contributed by atoms with Gasteiger partial charge in [0, 0.05) is 6.42 Å². The molecule has 0 spiro atoms. The fourth-order valence-electron chi connectivity index (χ4n) is 4.73. The lowest BCUT2D eigenvalue weighted by atomic mass is 10.0. The summed E-state index contributed by atoms with van der Waals surface area (Å²) in [4.78, 5) is 10.3. The topological polar surface area (TPSA) is 46.5 Å². The molecule has 0 saturated heterocycles. The van der Waals surface area contributed by atoms with Gasteiger partial charge in [0.05, 0.1) is 27.7 Å². The summed E-state index contributed by atoms with van der Waals surface area (Å²) in [6.07, 6.45) is 30.3. The van der Waals surface area contributed by atoms with Crippen molar-refractivity contribution in [2.75, 3.05) is 27.7 Å². The minimum atomic E-state index is -3.55. The van der Waals surface area contributed by atoms with Gasteiger partial charge in [-0.3, -0.25) is 4.57 Å². The Kier molecular flexibility index (Phi) is 22.0. The van der Waals surface area contributed by atoms with Crippen molar-refractivity contribution in [1.82, 2.24) is 0 Å². The second kappa shape index (κ2) is 22.1. The van der Waals surface area contributed by atoms with Crippen molar-refractivity contribution in [3.05, 3.63) is 12.2 Å². The minimum absolute atomic E-state index is 0.348. The maximum atomic E-state index is 12.5. The fraction of sp³-hybridized carbons (Fsp3) is 0.931. The Hall–Kier alpha value is -0.150. The van der Waals surface area contributed by atoms with Gasteiger partial charge in [0.15, 0.2) is 5.78 Å². The Morgan fingerprint density at radius 2 is 1.06 bits per heavy atom. The molecular formula is C29H61NO3P+. The van der Waals surface area contributed by atoms with Gasteiger partial charge in [-0.15, -0.1) is 0 Å². The van der Waals surface area contributed by atoms with Crippen molar-refractivity contribution < 1.29 is 18.5 Å². The summed E-state index contributed by atoms with van der Waals surface area (Å²) in [7, 11) is 2.31. The van der Waals surface area contributed by atoms with E-state index in [1.807, 2.05) is 28.1 Å². The molecule has 4 nitrogen and oxygen atoms in total. The van der Waals surface area contributed by atoms with Gasteiger partial charge in [-0.1, -0.05) is 116 Å². The summed E-state index contributed by atoms with van der Waals surface area (Å²) in [5.41, 5.74) is 0. The molecule has 1 N–H and O–H groups in total. The van der Waals surface area contributed by atoms with E-state index in [4.69, 9.17) is 4.52 Å². The first-order valence-corrected chi connectivity index (χ1v) is 16.3. The largest absolute Gasteiger partial charge is 0.385 e. The van der Waals surface area contributed by atoms with Crippen molar-refractivity contribution >= 4 is 7.60 Å². The fourth-order valence-corrected chi connectivity index (χ4v) is 6.63. The predicted octanol–water partition coefficient (Wildman–Crippen LogP) is 9.62. The summed E-state index contributed by atoms with van der Waals surface area (Å²) in [6.45, 7) is 4.63. The summed E-state index contributed by atoms with van der Waals surface area (Å²) in [6, 6.07) is 0. The van der Waals surface area contributed by atoms with Crippen LogP contribution < -0.4 is 0 Å². The smallest absolute Gasteiger partial charge is 0.320 e. The zero-order valence-electron chi connectivity index (χ0n) is 23.7. The van der Waals surface area contributed by atoms with Gasteiger partial charge in [0.2, 0.25) is 0 Å². The van der Waals surface area contributed by atoms with Gasteiger partial charge in [-0.05, 0) is 32.1 Å². The standard InChI is InChI=1S/C29H60NO3P/c1-6-8-9-10-11-12-13-14-15-16-17-18-19-20-21-22-23-24-25-26-27-28-33-34(31,32)29(7-2)30(3,4)5/h12-13,29H,6-11,14-28H2,1-5H3/p+1/b13-12-. The molecule has 0 saturated carbocycles. The van der Waals surface area contributed by atoms with Crippen molar-refractivity contribution in [2.24, 2.45) is 0 Å². The van der Waals surface area contributed by atoms with Gasteiger partial charge in [-0.2, -0.15) is 0 Å². The second-order valence-electron chi connectivity index (χ2n) is 11.1. The first-order chi connectivity index (χ1) is 16.3. The van der Waals surface area contributed by atoms with Gasteiger partial charge < -0.3 is 13.9 Å². The number of nitrogens with zero attached hydrogens (tertiary/aromatic N) is 1. The molecule has 0 radical (unpaired) electrons. The molecule has 0 aromatic heterocycles. The number of hydrogen-bond donors (Lipinski definition) is 1. The van der Waals surface area contributed by atoms with Gasteiger partial charge in [0.25, 0.3) is 0 Å². The third kappa shape index (κ3) is 20.1. The Morgan fingerprint density at radius 3 is 1.44 bits per heavy atom. The van der Waals surface area contributed by atoms with E-state index in [0.29, 0.717) is 17.5 Å². The average Bonchev–Trinajstić information content (AvgIpc) is 2.76. The molecule has 0 bridgehead atoms. The highest BCUT2D eigenvalue weighted by Crippen LogP contribution is 2.51. The van der Waals surface area contributed by atoms with Crippen molar-refractivity contribution in [3.63, 3.8) is 0 Å². The number of unbranched alkanes of at least 4 members (excludes halogenated alkanes) is 17.